The van der Waals surface area contributed by atoms with Crippen molar-refractivity contribution >= 4 is 0 Å². The summed E-state index contributed by atoms with van der Waals surface area (Å²) >= 11 is 0. The van der Waals surface area contributed by atoms with Gasteiger partial charge in [-0.2, -0.15) is 0 Å². The summed E-state index contributed by atoms with van der Waals surface area (Å²) < 4.78 is 5.76. The Morgan fingerprint density at radius 3 is 1.96 bits per heavy atom. The van der Waals surface area contributed by atoms with Crippen LogP contribution in [0.4, 0.5) is 0 Å². The standard InChI is InChI=1S/C26H36O/c1-3-5-20-27-26-18-16-25(17-19-26)24-14-12-23(13-15-24)11-10-22-8-6-21(4-2)7-9-22/h12-19,21-22H,3-11,20H2,1-2H3/t21-,22-. The third-order valence-electron chi connectivity index (χ3n) is 6.29. The van der Waals surface area contributed by atoms with Gasteiger partial charge in [-0.15, -0.1) is 0 Å². The van der Waals surface area contributed by atoms with Crippen molar-refractivity contribution in [3.63, 3.8) is 0 Å². The van der Waals surface area contributed by atoms with Crippen LogP contribution < -0.4 is 4.74 Å². The number of ether oxygens (including phenoxy) is 1. The summed E-state index contributed by atoms with van der Waals surface area (Å²) in [4.78, 5) is 0. The molecule has 0 aliphatic heterocycles. The molecule has 0 atom stereocenters. The van der Waals surface area contributed by atoms with Crippen LogP contribution in [0.25, 0.3) is 11.1 Å². The highest BCUT2D eigenvalue weighted by Gasteiger charge is 2.19. The van der Waals surface area contributed by atoms with E-state index in [0.717, 1.165) is 30.6 Å². The highest BCUT2D eigenvalue weighted by atomic mass is 16.5. The van der Waals surface area contributed by atoms with Crippen LogP contribution in [0.1, 0.15) is 70.8 Å². The summed E-state index contributed by atoms with van der Waals surface area (Å²) in [5.41, 5.74) is 4.04. The maximum absolute atomic E-state index is 5.76. The zero-order valence-corrected chi connectivity index (χ0v) is 17.3. The van der Waals surface area contributed by atoms with Gasteiger partial charge in [0.2, 0.25) is 0 Å². The molecule has 1 aliphatic carbocycles. The monoisotopic (exact) mass is 364 g/mol. The fraction of sp³-hybridized carbons (Fsp3) is 0.538. The molecule has 0 radical (unpaired) electrons. The van der Waals surface area contributed by atoms with Gasteiger partial charge in [0, 0.05) is 0 Å². The van der Waals surface area contributed by atoms with Crippen molar-refractivity contribution in [2.45, 2.75) is 71.6 Å². The van der Waals surface area contributed by atoms with Gasteiger partial charge in [-0.25, -0.2) is 0 Å². The molecule has 2 aromatic rings. The van der Waals surface area contributed by atoms with Crippen LogP contribution in [0, 0.1) is 11.8 Å². The van der Waals surface area contributed by atoms with Crippen molar-refractivity contribution in [1.29, 1.82) is 0 Å². The van der Waals surface area contributed by atoms with Crippen LogP contribution in [0.3, 0.4) is 0 Å². The Morgan fingerprint density at radius 1 is 0.778 bits per heavy atom. The summed E-state index contributed by atoms with van der Waals surface area (Å²) in [5.74, 6) is 2.93. The Kier molecular flexibility index (Phi) is 7.80. The zero-order chi connectivity index (χ0) is 18.9. The first-order valence-corrected chi connectivity index (χ1v) is 11.1. The maximum Gasteiger partial charge on any atom is 0.119 e. The van der Waals surface area contributed by atoms with Crippen LogP contribution in [0.15, 0.2) is 48.5 Å². The minimum absolute atomic E-state index is 0.810. The predicted octanol–water partition coefficient (Wildman–Crippen LogP) is 7.68. The average Bonchev–Trinajstić information content (AvgIpc) is 2.74. The Labute approximate surface area is 166 Å². The van der Waals surface area contributed by atoms with Crippen molar-refractivity contribution in [3.8, 4) is 16.9 Å². The molecule has 0 amide bonds. The van der Waals surface area contributed by atoms with Crippen LogP contribution in [0.5, 0.6) is 5.75 Å². The largest absolute Gasteiger partial charge is 0.494 e. The minimum atomic E-state index is 0.810. The van der Waals surface area contributed by atoms with Gasteiger partial charge in [-0.1, -0.05) is 88.8 Å². The average molecular weight is 365 g/mol. The first-order chi connectivity index (χ1) is 13.3. The van der Waals surface area contributed by atoms with Crippen LogP contribution in [0.2, 0.25) is 0 Å². The first kappa shape index (κ1) is 20.0. The molecule has 0 saturated heterocycles. The van der Waals surface area contributed by atoms with Crippen molar-refractivity contribution < 1.29 is 4.74 Å². The van der Waals surface area contributed by atoms with E-state index in [4.69, 9.17) is 4.74 Å². The predicted molar refractivity (Wildman–Crippen MR) is 116 cm³/mol. The number of aryl methyl sites for hydroxylation is 1. The molecule has 0 bridgehead atoms. The third-order valence-corrected chi connectivity index (χ3v) is 6.29. The lowest BCUT2D eigenvalue weighted by Crippen LogP contribution is -2.14. The molecule has 0 aromatic heterocycles. The summed E-state index contributed by atoms with van der Waals surface area (Å²) in [6.07, 6.45) is 12.1. The summed E-state index contributed by atoms with van der Waals surface area (Å²) in [7, 11) is 0. The fourth-order valence-corrected chi connectivity index (χ4v) is 4.24. The van der Waals surface area contributed by atoms with E-state index in [1.807, 2.05) is 0 Å². The van der Waals surface area contributed by atoms with Gasteiger partial charge >= 0.3 is 0 Å². The van der Waals surface area contributed by atoms with Crippen molar-refractivity contribution in [3.05, 3.63) is 54.1 Å². The van der Waals surface area contributed by atoms with Crippen molar-refractivity contribution in [1.82, 2.24) is 0 Å². The SMILES string of the molecule is CCCCOc1ccc(-c2ccc(CC[C@H]3CC[C@H](CC)CC3)cc2)cc1. The lowest BCUT2D eigenvalue weighted by Gasteiger charge is -2.27. The van der Waals surface area contributed by atoms with E-state index in [0.29, 0.717) is 0 Å². The van der Waals surface area contributed by atoms with Gasteiger partial charge in [0.15, 0.2) is 0 Å². The van der Waals surface area contributed by atoms with Gasteiger partial charge < -0.3 is 4.74 Å². The number of rotatable bonds is 9. The lowest BCUT2D eigenvalue weighted by molar-refractivity contribution is 0.259. The van der Waals surface area contributed by atoms with Crippen LogP contribution in [-0.2, 0) is 6.42 Å². The quantitative estimate of drug-likeness (QED) is 0.414. The second-order valence-corrected chi connectivity index (χ2v) is 8.26. The summed E-state index contributed by atoms with van der Waals surface area (Å²) in [6.45, 7) is 5.34. The van der Waals surface area contributed by atoms with E-state index < -0.39 is 0 Å². The molecule has 1 heteroatoms. The highest BCUT2D eigenvalue weighted by Crippen LogP contribution is 2.33. The molecule has 2 aromatic carbocycles. The second-order valence-electron chi connectivity index (χ2n) is 8.26. The Hall–Kier alpha value is -1.76. The molecule has 0 spiro atoms. The third kappa shape index (κ3) is 6.13. The topological polar surface area (TPSA) is 9.23 Å². The molecule has 27 heavy (non-hydrogen) atoms. The molecule has 0 heterocycles. The molecule has 3 rings (SSSR count). The minimum Gasteiger partial charge on any atom is -0.494 e. The van der Waals surface area contributed by atoms with Gasteiger partial charge in [-0.3, -0.25) is 0 Å². The number of hydrogen-bond acceptors (Lipinski definition) is 1. The highest BCUT2D eigenvalue weighted by molar-refractivity contribution is 5.64. The van der Waals surface area contributed by atoms with E-state index in [-0.39, 0.29) is 0 Å². The summed E-state index contributed by atoms with van der Waals surface area (Å²) in [6, 6.07) is 17.7. The van der Waals surface area contributed by atoms with E-state index in [1.54, 1.807) is 0 Å². The molecular weight excluding hydrogens is 328 g/mol. The molecule has 1 nitrogen and oxygen atoms in total. The normalized spacial score (nSPS) is 19.8. The number of benzene rings is 2. The van der Waals surface area contributed by atoms with E-state index in [1.165, 1.54) is 68.1 Å². The smallest absolute Gasteiger partial charge is 0.119 e. The molecule has 1 fully saturated rings. The first-order valence-electron chi connectivity index (χ1n) is 11.1. The van der Waals surface area contributed by atoms with Crippen molar-refractivity contribution in [2.24, 2.45) is 11.8 Å². The molecular formula is C26H36O. The maximum atomic E-state index is 5.76. The Balaban J connectivity index is 1.48. The van der Waals surface area contributed by atoms with Crippen LogP contribution >= 0.6 is 0 Å². The summed E-state index contributed by atoms with van der Waals surface area (Å²) in [5, 5.41) is 0. The zero-order valence-electron chi connectivity index (χ0n) is 17.3. The Bertz CT molecular complexity index is 648. The second kappa shape index (κ2) is 10.5. The van der Waals surface area contributed by atoms with Crippen molar-refractivity contribution in [2.75, 3.05) is 6.61 Å². The Morgan fingerprint density at radius 2 is 1.37 bits per heavy atom. The lowest BCUT2D eigenvalue weighted by atomic mass is 9.78. The number of hydrogen-bond donors (Lipinski definition) is 0. The fourth-order valence-electron chi connectivity index (χ4n) is 4.24. The molecule has 0 unspecified atom stereocenters. The van der Waals surface area contributed by atoms with Gasteiger partial charge in [0.25, 0.3) is 0 Å². The van der Waals surface area contributed by atoms with Crippen LogP contribution in [-0.4, -0.2) is 6.61 Å². The van der Waals surface area contributed by atoms with Gasteiger partial charge in [-0.05, 0) is 59.9 Å². The van der Waals surface area contributed by atoms with E-state index in [2.05, 4.69) is 62.4 Å². The number of unbranched alkanes of at least 4 members (excludes halogenated alkanes) is 1. The molecule has 146 valence electrons. The van der Waals surface area contributed by atoms with E-state index >= 15 is 0 Å². The molecule has 1 aliphatic rings. The van der Waals surface area contributed by atoms with Gasteiger partial charge in [0.05, 0.1) is 6.61 Å². The molecule has 0 N–H and O–H groups in total. The van der Waals surface area contributed by atoms with Gasteiger partial charge in [0.1, 0.15) is 5.75 Å². The van der Waals surface area contributed by atoms with E-state index in [9.17, 15) is 0 Å². The molecule has 1 saturated carbocycles.